The van der Waals surface area contributed by atoms with E-state index in [1.54, 1.807) is 0 Å². The fourth-order valence-electron chi connectivity index (χ4n) is 6.01. The van der Waals surface area contributed by atoms with Crippen LogP contribution in [-0.4, -0.2) is 9.55 Å². The molecular weight excluding hydrogens is 460 g/mol. The molecule has 8 aromatic rings. The Balaban J connectivity index is 1.56. The molecule has 2 aromatic heterocycles. The van der Waals surface area contributed by atoms with Crippen LogP contribution in [0.1, 0.15) is 0 Å². The number of para-hydroxylation sites is 2. The molecule has 0 radical (unpaired) electrons. The molecule has 0 amide bonds. The minimum absolute atomic E-state index is 1.16. The molecule has 0 saturated carbocycles. The fraction of sp³-hybridized carbons (Fsp3) is 0. The van der Waals surface area contributed by atoms with Gasteiger partial charge in [-0.2, -0.15) is 0 Å². The molecule has 0 atom stereocenters. The quantitative estimate of drug-likeness (QED) is 0.258. The van der Waals surface area contributed by atoms with Crippen LogP contribution in [0.25, 0.3) is 71.6 Å². The highest BCUT2D eigenvalue weighted by Gasteiger charge is 2.20. The van der Waals surface area contributed by atoms with Crippen molar-refractivity contribution in [3.63, 3.8) is 0 Å². The Labute approximate surface area is 220 Å². The average Bonchev–Trinajstić information content (AvgIpc) is 3.54. The zero-order valence-corrected chi connectivity index (χ0v) is 20.7. The fourth-order valence-corrected chi connectivity index (χ4v) is 6.01. The Bertz CT molecular complexity index is 2110. The number of nitrogens with zero attached hydrogens (tertiary/aromatic N) is 1. The molecular formula is C36H24N2. The van der Waals surface area contributed by atoms with Crippen molar-refractivity contribution in [1.82, 2.24) is 9.55 Å². The summed E-state index contributed by atoms with van der Waals surface area (Å²) in [5.41, 5.74) is 10.8. The highest BCUT2D eigenvalue weighted by atomic mass is 15.0. The Morgan fingerprint density at radius 1 is 0.447 bits per heavy atom. The van der Waals surface area contributed by atoms with Crippen molar-refractivity contribution in [2.24, 2.45) is 0 Å². The van der Waals surface area contributed by atoms with Gasteiger partial charge in [0.1, 0.15) is 0 Å². The predicted molar refractivity (Wildman–Crippen MR) is 161 cm³/mol. The molecule has 0 saturated heterocycles. The maximum absolute atomic E-state index is 3.78. The summed E-state index contributed by atoms with van der Waals surface area (Å²) in [4.78, 5) is 3.78. The first-order valence-electron chi connectivity index (χ1n) is 13.0. The summed E-state index contributed by atoms with van der Waals surface area (Å²) in [6, 6.07) is 50.2. The number of nitrogens with one attached hydrogen (secondary N) is 1. The summed E-state index contributed by atoms with van der Waals surface area (Å²) in [5.74, 6) is 0. The van der Waals surface area contributed by atoms with Crippen molar-refractivity contribution >= 4 is 43.6 Å². The van der Waals surface area contributed by atoms with Crippen LogP contribution in [0.3, 0.4) is 0 Å². The van der Waals surface area contributed by atoms with E-state index in [2.05, 4.69) is 149 Å². The average molecular weight is 485 g/mol. The molecule has 0 fully saturated rings. The van der Waals surface area contributed by atoms with Crippen LogP contribution in [-0.2, 0) is 0 Å². The Hall–Kier alpha value is -5.08. The van der Waals surface area contributed by atoms with Crippen LogP contribution >= 0.6 is 0 Å². The molecule has 2 nitrogen and oxygen atoms in total. The van der Waals surface area contributed by atoms with Gasteiger partial charge in [0.15, 0.2) is 0 Å². The van der Waals surface area contributed by atoms with E-state index in [0.29, 0.717) is 0 Å². The molecule has 6 aromatic carbocycles. The molecule has 0 unspecified atom stereocenters. The van der Waals surface area contributed by atoms with Gasteiger partial charge in [0.25, 0.3) is 0 Å². The first kappa shape index (κ1) is 21.0. The number of rotatable bonds is 3. The maximum Gasteiger partial charge on any atom is 0.0783 e. The third-order valence-corrected chi connectivity index (χ3v) is 7.74. The molecule has 0 aliphatic rings. The summed E-state index contributed by atoms with van der Waals surface area (Å²) in [6.45, 7) is 0. The van der Waals surface area contributed by atoms with E-state index in [9.17, 15) is 0 Å². The number of fused-ring (bicyclic) bond motifs is 7. The van der Waals surface area contributed by atoms with Crippen LogP contribution in [0, 0.1) is 0 Å². The smallest absolute Gasteiger partial charge is 0.0783 e. The van der Waals surface area contributed by atoms with Gasteiger partial charge in [-0.1, -0.05) is 121 Å². The third kappa shape index (κ3) is 3.07. The van der Waals surface area contributed by atoms with Crippen LogP contribution in [0.5, 0.6) is 0 Å². The molecule has 0 aliphatic carbocycles. The molecule has 178 valence electrons. The van der Waals surface area contributed by atoms with Gasteiger partial charge in [-0.25, -0.2) is 0 Å². The minimum Gasteiger partial charge on any atom is -0.353 e. The van der Waals surface area contributed by atoms with Gasteiger partial charge in [-0.05, 0) is 34.9 Å². The largest absolute Gasteiger partial charge is 0.353 e. The van der Waals surface area contributed by atoms with Crippen molar-refractivity contribution in [3.05, 3.63) is 140 Å². The molecule has 0 spiro atoms. The van der Waals surface area contributed by atoms with Gasteiger partial charge < -0.3 is 9.55 Å². The maximum atomic E-state index is 3.78. The van der Waals surface area contributed by atoms with Crippen molar-refractivity contribution in [3.8, 4) is 27.9 Å². The summed E-state index contributed by atoms with van der Waals surface area (Å²) in [6.07, 6.45) is 0. The van der Waals surface area contributed by atoms with Gasteiger partial charge >= 0.3 is 0 Å². The minimum atomic E-state index is 1.16. The Morgan fingerprint density at radius 2 is 1.11 bits per heavy atom. The van der Waals surface area contributed by atoms with E-state index in [1.165, 1.54) is 66.0 Å². The van der Waals surface area contributed by atoms with Crippen LogP contribution in [0.15, 0.2) is 140 Å². The van der Waals surface area contributed by atoms with Gasteiger partial charge in [-0.15, -0.1) is 0 Å². The molecule has 2 heteroatoms. The molecule has 38 heavy (non-hydrogen) atoms. The number of hydrogen-bond acceptors (Lipinski definition) is 0. The van der Waals surface area contributed by atoms with Crippen molar-refractivity contribution in [1.29, 1.82) is 0 Å². The predicted octanol–water partition coefficient (Wildman–Crippen LogP) is 9.75. The lowest BCUT2D eigenvalue weighted by molar-refractivity contribution is 1.18. The zero-order valence-electron chi connectivity index (χ0n) is 20.7. The molecule has 2 heterocycles. The summed E-state index contributed by atoms with van der Waals surface area (Å²) < 4.78 is 2.47. The Morgan fingerprint density at radius 3 is 1.92 bits per heavy atom. The zero-order chi connectivity index (χ0) is 25.1. The SMILES string of the molecule is c1ccc(-c2ccc(-c3ccccc3)c(-n3c4ccccc4c4ccc5c6ccccc6[nH]c5c43)c2)cc1. The normalized spacial score (nSPS) is 11.7. The van der Waals surface area contributed by atoms with Crippen LogP contribution in [0.4, 0.5) is 0 Å². The number of H-pyrrole nitrogens is 1. The highest BCUT2D eigenvalue weighted by Crippen LogP contribution is 2.41. The van der Waals surface area contributed by atoms with Crippen molar-refractivity contribution < 1.29 is 0 Å². The van der Waals surface area contributed by atoms with E-state index < -0.39 is 0 Å². The van der Waals surface area contributed by atoms with E-state index in [1.807, 2.05) is 0 Å². The lowest BCUT2D eigenvalue weighted by atomic mass is 9.98. The molecule has 1 N–H and O–H groups in total. The monoisotopic (exact) mass is 484 g/mol. The van der Waals surface area contributed by atoms with Crippen LogP contribution < -0.4 is 0 Å². The summed E-state index contributed by atoms with van der Waals surface area (Å²) in [7, 11) is 0. The van der Waals surface area contributed by atoms with Gasteiger partial charge in [0.05, 0.1) is 22.2 Å². The second kappa shape index (κ2) is 8.22. The van der Waals surface area contributed by atoms with Crippen molar-refractivity contribution in [2.75, 3.05) is 0 Å². The van der Waals surface area contributed by atoms with Gasteiger partial charge in [0, 0.05) is 32.6 Å². The highest BCUT2D eigenvalue weighted by molar-refractivity contribution is 6.23. The molecule has 0 bridgehead atoms. The van der Waals surface area contributed by atoms with Crippen LogP contribution in [0.2, 0.25) is 0 Å². The topological polar surface area (TPSA) is 20.7 Å². The number of aromatic amines is 1. The second-order valence-corrected chi connectivity index (χ2v) is 9.87. The summed E-state index contributed by atoms with van der Waals surface area (Å²) >= 11 is 0. The number of benzene rings is 6. The number of hydrogen-bond donors (Lipinski definition) is 1. The van der Waals surface area contributed by atoms with Crippen molar-refractivity contribution in [2.45, 2.75) is 0 Å². The third-order valence-electron chi connectivity index (χ3n) is 7.74. The first-order chi connectivity index (χ1) is 18.9. The Kier molecular flexibility index (Phi) is 4.55. The second-order valence-electron chi connectivity index (χ2n) is 9.87. The lowest BCUT2D eigenvalue weighted by Crippen LogP contribution is -1.98. The first-order valence-corrected chi connectivity index (χ1v) is 13.0. The van der Waals surface area contributed by atoms with E-state index in [-0.39, 0.29) is 0 Å². The van der Waals surface area contributed by atoms with E-state index in [0.717, 1.165) is 5.52 Å². The van der Waals surface area contributed by atoms with E-state index >= 15 is 0 Å². The standard InChI is InChI=1S/C36H24N2/c1-3-11-24(12-4-1)26-19-20-27(25-13-5-2-6-14-25)34(23-26)38-33-18-10-8-16-29(33)31-22-21-30-28-15-7-9-17-32(28)37-35(30)36(31)38/h1-23,37H. The van der Waals surface area contributed by atoms with Gasteiger partial charge in [-0.3, -0.25) is 0 Å². The number of aromatic nitrogens is 2. The molecule has 8 rings (SSSR count). The van der Waals surface area contributed by atoms with E-state index in [4.69, 9.17) is 0 Å². The van der Waals surface area contributed by atoms with Gasteiger partial charge in [0.2, 0.25) is 0 Å². The summed E-state index contributed by atoms with van der Waals surface area (Å²) in [5, 5.41) is 5.01. The lowest BCUT2D eigenvalue weighted by Gasteiger charge is -2.16. The molecule has 0 aliphatic heterocycles.